The summed E-state index contributed by atoms with van der Waals surface area (Å²) in [5, 5.41) is 7.15. The molecule has 108 valence electrons. The highest BCUT2D eigenvalue weighted by atomic mass is 35.5. The lowest BCUT2D eigenvalue weighted by Gasteiger charge is -2.05. The topological polar surface area (TPSA) is 50.7 Å². The molecule has 2 aromatic carbocycles. The Morgan fingerprint density at radius 1 is 1.14 bits per heavy atom. The third-order valence-corrected chi connectivity index (χ3v) is 3.21. The summed E-state index contributed by atoms with van der Waals surface area (Å²) in [6.07, 6.45) is 1.53. The van der Waals surface area contributed by atoms with Crippen molar-refractivity contribution in [3.63, 3.8) is 0 Å². The number of halogens is 2. The number of oxime groups is 1. The monoisotopic (exact) mass is 322 g/mol. The first-order valence-electron chi connectivity index (χ1n) is 6.10. The van der Waals surface area contributed by atoms with Gasteiger partial charge in [-0.15, -0.1) is 0 Å². The summed E-state index contributed by atoms with van der Waals surface area (Å²) in [6, 6.07) is 14.3. The molecule has 2 rings (SSSR count). The lowest BCUT2D eigenvalue weighted by molar-refractivity contribution is -0.120. The van der Waals surface area contributed by atoms with Crippen molar-refractivity contribution in [1.29, 1.82) is 0 Å². The Morgan fingerprint density at radius 3 is 2.62 bits per heavy atom. The molecule has 0 aliphatic heterocycles. The quantitative estimate of drug-likeness (QED) is 0.668. The van der Waals surface area contributed by atoms with Gasteiger partial charge in [0, 0.05) is 5.69 Å². The molecule has 0 bridgehead atoms. The van der Waals surface area contributed by atoms with E-state index in [-0.39, 0.29) is 12.5 Å². The second-order valence-corrected chi connectivity index (χ2v) is 4.91. The van der Waals surface area contributed by atoms with Gasteiger partial charge in [0.05, 0.1) is 16.3 Å². The van der Waals surface area contributed by atoms with Gasteiger partial charge in [-0.2, -0.15) is 0 Å². The van der Waals surface area contributed by atoms with Gasteiger partial charge in [-0.05, 0) is 23.8 Å². The van der Waals surface area contributed by atoms with Crippen molar-refractivity contribution >= 4 is 41.0 Å². The Morgan fingerprint density at radius 2 is 1.90 bits per heavy atom. The Hall–Kier alpha value is -2.04. The summed E-state index contributed by atoms with van der Waals surface area (Å²) in [5.41, 5.74) is 1.44. The van der Waals surface area contributed by atoms with Gasteiger partial charge in [0.25, 0.3) is 5.91 Å². The summed E-state index contributed by atoms with van der Waals surface area (Å²) in [7, 11) is 0. The van der Waals surface area contributed by atoms with Crippen molar-refractivity contribution in [2.45, 2.75) is 0 Å². The highest BCUT2D eigenvalue weighted by Crippen LogP contribution is 2.24. The van der Waals surface area contributed by atoms with Crippen LogP contribution >= 0.6 is 23.2 Å². The average Bonchev–Trinajstić information content (AvgIpc) is 2.49. The summed E-state index contributed by atoms with van der Waals surface area (Å²) in [5.74, 6) is -0.335. The lowest BCUT2D eigenvalue weighted by atomic mass is 10.2. The normalized spacial score (nSPS) is 10.6. The highest BCUT2D eigenvalue weighted by molar-refractivity contribution is 6.42. The summed E-state index contributed by atoms with van der Waals surface area (Å²) >= 11 is 11.6. The average molecular weight is 323 g/mol. The van der Waals surface area contributed by atoms with Crippen molar-refractivity contribution < 1.29 is 9.63 Å². The molecule has 6 heteroatoms. The van der Waals surface area contributed by atoms with E-state index in [1.807, 2.05) is 30.3 Å². The highest BCUT2D eigenvalue weighted by Gasteiger charge is 2.04. The molecule has 0 unspecified atom stereocenters. The molecule has 0 atom stereocenters. The lowest BCUT2D eigenvalue weighted by Crippen LogP contribution is -2.16. The van der Waals surface area contributed by atoms with E-state index in [0.717, 1.165) is 5.56 Å². The molecule has 0 saturated carbocycles. The fraction of sp³-hybridized carbons (Fsp3) is 0.0667. The van der Waals surface area contributed by atoms with E-state index < -0.39 is 0 Å². The maximum absolute atomic E-state index is 11.6. The molecule has 0 spiro atoms. The van der Waals surface area contributed by atoms with Crippen molar-refractivity contribution in [1.82, 2.24) is 0 Å². The van der Waals surface area contributed by atoms with Crippen LogP contribution in [-0.4, -0.2) is 18.7 Å². The minimum atomic E-state index is -0.335. The number of hydrogen-bond donors (Lipinski definition) is 1. The first kappa shape index (κ1) is 15.4. The van der Waals surface area contributed by atoms with Crippen molar-refractivity contribution in [2.75, 3.05) is 11.9 Å². The molecule has 0 saturated heterocycles. The molecule has 21 heavy (non-hydrogen) atoms. The molecule has 4 nitrogen and oxygen atoms in total. The van der Waals surface area contributed by atoms with Gasteiger partial charge in [-0.25, -0.2) is 0 Å². The number of rotatable bonds is 5. The third-order valence-electron chi connectivity index (χ3n) is 2.47. The van der Waals surface area contributed by atoms with E-state index in [9.17, 15) is 4.79 Å². The number of nitrogens with zero attached hydrogens (tertiary/aromatic N) is 1. The Balaban J connectivity index is 1.79. The van der Waals surface area contributed by atoms with Crippen LogP contribution in [0.15, 0.2) is 53.7 Å². The first-order valence-corrected chi connectivity index (χ1v) is 6.86. The third kappa shape index (κ3) is 5.10. The van der Waals surface area contributed by atoms with Gasteiger partial charge >= 0.3 is 0 Å². The Bertz CT molecular complexity index is 645. The summed E-state index contributed by atoms with van der Waals surface area (Å²) in [4.78, 5) is 16.6. The zero-order valence-corrected chi connectivity index (χ0v) is 12.4. The SMILES string of the molecule is O=C(CO/N=C\c1ccccc1)Nc1ccc(Cl)c(Cl)c1. The van der Waals surface area contributed by atoms with Gasteiger partial charge < -0.3 is 10.2 Å². The Kier molecular flexibility index (Phi) is 5.60. The zero-order chi connectivity index (χ0) is 15.1. The van der Waals surface area contributed by atoms with E-state index in [2.05, 4.69) is 10.5 Å². The molecule has 0 fully saturated rings. The van der Waals surface area contributed by atoms with E-state index >= 15 is 0 Å². The van der Waals surface area contributed by atoms with Crippen LogP contribution in [0.5, 0.6) is 0 Å². The Labute approximate surface area is 132 Å². The van der Waals surface area contributed by atoms with Crippen LogP contribution in [0.1, 0.15) is 5.56 Å². The summed E-state index contributed by atoms with van der Waals surface area (Å²) < 4.78 is 0. The fourth-order valence-electron chi connectivity index (χ4n) is 1.50. The van der Waals surface area contributed by atoms with Crippen LogP contribution in [0.3, 0.4) is 0 Å². The van der Waals surface area contributed by atoms with Gasteiger partial charge in [-0.3, -0.25) is 4.79 Å². The minimum Gasteiger partial charge on any atom is -0.386 e. The molecule has 1 N–H and O–H groups in total. The number of amides is 1. The first-order chi connectivity index (χ1) is 10.1. The number of hydrogen-bond acceptors (Lipinski definition) is 3. The van der Waals surface area contributed by atoms with Crippen molar-refractivity contribution in [3.8, 4) is 0 Å². The predicted octanol–water partition coefficient (Wildman–Crippen LogP) is 3.98. The van der Waals surface area contributed by atoms with E-state index in [1.54, 1.807) is 18.2 Å². The smallest absolute Gasteiger partial charge is 0.265 e. The van der Waals surface area contributed by atoms with E-state index in [1.165, 1.54) is 6.21 Å². The molecule has 0 aliphatic carbocycles. The second kappa shape index (κ2) is 7.67. The number of carbonyl (C=O) groups excluding carboxylic acids is 1. The molecular weight excluding hydrogens is 311 g/mol. The molecule has 2 aromatic rings. The summed E-state index contributed by atoms with van der Waals surface area (Å²) in [6.45, 7) is -0.191. The van der Waals surface area contributed by atoms with Crippen LogP contribution in [0.4, 0.5) is 5.69 Å². The zero-order valence-electron chi connectivity index (χ0n) is 10.9. The molecular formula is C15H12Cl2N2O2. The maximum Gasteiger partial charge on any atom is 0.265 e. The van der Waals surface area contributed by atoms with Crippen molar-refractivity contribution in [3.05, 3.63) is 64.1 Å². The predicted molar refractivity (Wildman–Crippen MR) is 85.1 cm³/mol. The van der Waals surface area contributed by atoms with Crippen LogP contribution in [0.2, 0.25) is 10.0 Å². The van der Waals surface area contributed by atoms with Crippen LogP contribution in [0, 0.1) is 0 Å². The van der Waals surface area contributed by atoms with Crippen LogP contribution in [0.25, 0.3) is 0 Å². The van der Waals surface area contributed by atoms with E-state index in [4.69, 9.17) is 28.0 Å². The number of anilines is 1. The number of benzene rings is 2. The van der Waals surface area contributed by atoms with Gasteiger partial charge in [0.1, 0.15) is 0 Å². The van der Waals surface area contributed by atoms with Gasteiger partial charge in [0.15, 0.2) is 6.61 Å². The molecule has 0 heterocycles. The minimum absolute atomic E-state index is 0.191. The maximum atomic E-state index is 11.6. The number of nitrogens with one attached hydrogen (secondary N) is 1. The van der Waals surface area contributed by atoms with Crippen LogP contribution < -0.4 is 5.32 Å². The second-order valence-electron chi connectivity index (χ2n) is 4.10. The van der Waals surface area contributed by atoms with Gasteiger partial charge in [0.2, 0.25) is 0 Å². The largest absolute Gasteiger partial charge is 0.386 e. The standard InChI is InChI=1S/C15H12Cl2N2O2/c16-13-7-6-12(8-14(13)17)19-15(20)10-21-18-9-11-4-2-1-3-5-11/h1-9H,10H2,(H,19,20)/b18-9-. The molecule has 0 radical (unpaired) electrons. The van der Waals surface area contributed by atoms with Crippen molar-refractivity contribution in [2.24, 2.45) is 5.16 Å². The fourth-order valence-corrected chi connectivity index (χ4v) is 1.80. The van der Waals surface area contributed by atoms with E-state index in [0.29, 0.717) is 15.7 Å². The number of carbonyl (C=O) groups is 1. The molecule has 0 aliphatic rings. The molecule has 1 amide bonds. The van der Waals surface area contributed by atoms with Crippen LogP contribution in [-0.2, 0) is 9.63 Å². The van der Waals surface area contributed by atoms with Gasteiger partial charge in [-0.1, -0.05) is 58.7 Å². The molecule has 0 aromatic heterocycles.